The van der Waals surface area contributed by atoms with Crippen molar-refractivity contribution < 1.29 is 32.7 Å². The minimum atomic E-state index is -2.12. The Hall–Kier alpha value is -1.26. The van der Waals surface area contributed by atoms with Crippen molar-refractivity contribution in [2.75, 3.05) is 40.0 Å². The van der Waals surface area contributed by atoms with Crippen LogP contribution < -0.4 is 10.6 Å². The molecule has 0 heterocycles. The minimum Gasteiger partial charge on any atom is -0.444 e. The molecule has 0 unspecified atom stereocenters. The van der Waals surface area contributed by atoms with E-state index in [2.05, 4.69) is 120 Å². The molecular formula is C42H93BN4O7SSi2. The van der Waals surface area contributed by atoms with Crippen LogP contribution in [0.15, 0.2) is 0 Å². The molecule has 3 amide bonds. The van der Waals surface area contributed by atoms with Gasteiger partial charge in [-0.05, 0) is 104 Å². The molecule has 0 aromatic rings. The highest BCUT2D eigenvalue weighted by molar-refractivity contribution is 7.79. The highest BCUT2D eigenvalue weighted by Crippen LogP contribution is 2.39. The maximum Gasteiger partial charge on any atom is 0.410 e. The molecule has 0 aliphatic heterocycles. The topological polar surface area (TPSA) is 119 Å². The van der Waals surface area contributed by atoms with Crippen LogP contribution in [-0.2, 0) is 23.1 Å². The van der Waals surface area contributed by atoms with Gasteiger partial charge >= 0.3 is 12.2 Å². The molecule has 0 bridgehead atoms. The molecule has 0 rings (SSSR count). The number of carbonyl (C=O) groups excluding carboxylic acids is 3. The number of hydrogen-bond donors (Lipinski definition) is 3. The summed E-state index contributed by atoms with van der Waals surface area (Å²) in [5, 5.41) is 6.57. The van der Waals surface area contributed by atoms with Crippen LogP contribution >= 0.6 is 12.6 Å². The lowest BCUT2D eigenvalue weighted by molar-refractivity contribution is -0.128. The summed E-state index contributed by atoms with van der Waals surface area (Å²) >= 11 is 3.53. The van der Waals surface area contributed by atoms with E-state index in [1.165, 1.54) is 11.7 Å². The SMILES string of the molecule is CC(C)NC(=O)[C@@H](C)[C@H](CN(C)C(=O)OC(C)(C)C)O[Si](C)(C)C(C)(C)C.CC(C)NC[C@@H](C)[C@H](CN(C)C(=O)OC(C)(C)C)O[Si](C)(C)C(C)(C)C.CS.[B]C. The van der Waals surface area contributed by atoms with Crippen LogP contribution in [0.4, 0.5) is 9.59 Å². The van der Waals surface area contributed by atoms with Gasteiger partial charge in [0.25, 0.3) is 0 Å². The fraction of sp³-hybridized carbons (Fsp3) is 0.929. The number of carbonyl (C=O) groups is 3. The molecule has 0 aromatic heterocycles. The van der Waals surface area contributed by atoms with E-state index in [1.807, 2.05) is 62.3 Å². The van der Waals surface area contributed by atoms with E-state index in [4.69, 9.17) is 18.3 Å². The Morgan fingerprint density at radius 1 is 0.614 bits per heavy atom. The van der Waals surface area contributed by atoms with Gasteiger partial charge in [0.1, 0.15) is 11.2 Å². The first-order chi connectivity index (χ1) is 25.3. The Labute approximate surface area is 362 Å². The summed E-state index contributed by atoms with van der Waals surface area (Å²) in [7, 11) is 3.91. The number of nitrogens with zero attached hydrogens (tertiary/aromatic N) is 2. The highest BCUT2D eigenvalue weighted by Gasteiger charge is 2.43. The lowest BCUT2D eigenvalue weighted by Gasteiger charge is -2.42. The van der Waals surface area contributed by atoms with Gasteiger partial charge in [-0.1, -0.05) is 76.1 Å². The van der Waals surface area contributed by atoms with Crippen molar-refractivity contribution in [2.45, 2.75) is 203 Å². The highest BCUT2D eigenvalue weighted by atomic mass is 32.1. The van der Waals surface area contributed by atoms with Crippen LogP contribution in [0.2, 0.25) is 43.1 Å². The van der Waals surface area contributed by atoms with Gasteiger partial charge in [0.15, 0.2) is 16.6 Å². The quantitative estimate of drug-likeness (QED) is 0.110. The molecule has 11 nitrogen and oxygen atoms in total. The first kappa shape index (κ1) is 62.4. The number of hydrogen-bond acceptors (Lipinski definition) is 9. The molecule has 0 saturated carbocycles. The molecule has 4 atom stereocenters. The van der Waals surface area contributed by atoms with Gasteiger partial charge < -0.3 is 38.8 Å². The third-order valence-corrected chi connectivity index (χ3v) is 18.7. The Balaban J connectivity index is -0.000000453. The lowest BCUT2D eigenvalue weighted by Crippen LogP contribution is -2.52. The summed E-state index contributed by atoms with van der Waals surface area (Å²) in [6.07, 6.45) is 0.551. The molecule has 15 heteroatoms. The number of rotatable bonds is 15. The van der Waals surface area contributed by atoms with Crippen molar-refractivity contribution in [1.82, 2.24) is 20.4 Å². The van der Waals surface area contributed by atoms with Gasteiger partial charge in [0.2, 0.25) is 5.91 Å². The third-order valence-electron chi connectivity index (χ3n) is 9.71. The van der Waals surface area contributed by atoms with Crippen LogP contribution in [0.3, 0.4) is 0 Å². The number of nitrogens with one attached hydrogen (secondary N) is 2. The number of amides is 3. The molecular weight excluding hydrogens is 772 g/mol. The Bertz CT molecular complexity index is 1140. The maximum atomic E-state index is 12.6. The Kier molecular flexibility index (Phi) is 29.4. The van der Waals surface area contributed by atoms with Crippen LogP contribution in [0.1, 0.15) is 125 Å². The number of thiol groups is 1. The van der Waals surface area contributed by atoms with Crippen LogP contribution in [0.25, 0.3) is 0 Å². The van der Waals surface area contributed by atoms with Crippen LogP contribution in [-0.4, -0.2) is 128 Å². The van der Waals surface area contributed by atoms with Gasteiger partial charge in [0.05, 0.1) is 26.0 Å². The molecule has 0 aromatic carbocycles. The second-order valence-electron chi connectivity index (χ2n) is 20.5. The molecule has 0 aliphatic carbocycles. The van der Waals surface area contributed by atoms with Crippen molar-refractivity contribution in [3.05, 3.63) is 0 Å². The first-order valence-corrected chi connectivity index (χ1v) is 27.3. The standard InChI is InChI=1S/C20H42N2O4Si.C20H44N2O3Si.CH3B.CH4S/c1-14(2)21-17(23)15(3)16(26-27(11,12)20(7,8)9)13-22(10)18(24)25-19(4,5)6;1-15(2)21-13-16(3)17(25-26(11,12)20(7,8)9)14-22(10)18(23)24-19(4,5)6;2*1-2/h14-16H,13H2,1-12H3,(H,21,23);15-17,21H,13-14H2,1-12H3;1H3;2H,1H3/t15-,16-;16-,17+;;/m01../s1. The molecule has 0 spiro atoms. The monoisotopic (exact) mass is 865 g/mol. The fourth-order valence-electron chi connectivity index (χ4n) is 4.25. The number of likely N-dealkylation sites (N-methyl/N-ethyl adjacent to an activating group) is 2. The molecule has 2 radical (unpaired) electrons. The summed E-state index contributed by atoms with van der Waals surface area (Å²) < 4.78 is 24.2. The first-order valence-electron chi connectivity index (χ1n) is 20.6. The zero-order chi connectivity index (χ0) is 46.7. The van der Waals surface area contributed by atoms with Gasteiger partial charge in [-0.2, -0.15) is 12.6 Å². The van der Waals surface area contributed by atoms with E-state index in [-0.39, 0.29) is 46.1 Å². The third kappa shape index (κ3) is 28.0. The predicted octanol–water partition coefficient (Wildman–Crippen LogP) is 10.0. The van der Waals surface area contributed by atoms with Crippen molar-refractivity contribution in [2.24, 2.45) is 11.8 Å². The maximum absolute atomic E-state index is 12.6. The Morgan fingerprint density at radius 3 is 1.21 bits per heavy atom. The zero-order valence-electron chi connectivity index (χ0n) is 41.9. The smallest absolute Gasteiger partial charge is 0.410 e. The fourth-order valence-corrected chi connectivity index (χ4v) is 7.05. The molecule has 2 N–H and O–H groups in total. The normalized spacial score (nSPS) is 14.6. The molecule has 340 valence electrons. The van der Waals surface area contributed by atoms with Gasteiger partial charge in [-0.15, -0.1) is 0 Å². The van der Waals surface area contributed by atoms with E-state index in [9.17, 15) is 14.4 Å². The second kappa shape index (κ2) is 26.8. The number of ether oxygens (including phenoxy) is 2. The van der Waals surface area contributed by atoms with Gasteiger partial charge in [0, 0.05) is 45.8 Å². The van der Waals surface area contributed by atoms with E-state index >= 15 is 0 Å². The molecule has 0 fully saturated rings. The van der Waals surface area contributed by atoms with Gasteiger partial charge in [-0.3, -0.25) is 4.79 Å². The summed E-state index contributed by atoms with van der Waals surface area (Å²) in [5.41, 5.74) is -1.06. The van der Waals surface area contributed by atoms with Crippen LogP contribution in [0.5, 0.6) is 0 Å². The zero-order valence-corrected chi connectivity index (χ0v) is 44.8. The molecule has 57 heavy (non-hydrogen) atoms. The summed E-state index contributed by atoms with van der Waals surface area (Å²) in [4.78, 5) is 40.5. The van der Waals surface area contributed by atoms with Crippen molar-refractivity contribution >= 4 is 55.2 Å². The van der Waals surface area contributed by atoms with Crippen molar-refractivity contribution in [3.63, 3.8) is 0 Å². The van der Waals surface area contributed by atoms with E-state index in [0.29, 0.717) is 19.1 Å². The minimum absolute atomic E-state index is 0.00395. The average molecular weight is 865 g/mol. The predicted molar refractivity (Wildman–Crippen MR) is 253 cm³/mol. The largest absolute Gasteiger partial charge is 0.444 e. The summed E-state index contributed by atoms with van der Waals surface area (Å²) in [6, 6.07) is 0.478. The van der Waals surface area contributed by atoms with Crippen molar-refractivity contribution in [3.8, 4) is 0 Å². The average Bonchev–Trinajstić information content (AvgIpc) is 3.01. The van der Waals surface area contributed by atoms with E-state index < -0.39 is 40.0 Å². The second-order valence-corrected chi connectivity index (χ2v) is 30.1. The van der Waals surface area contributed by atoms with E-state index in [1.54, 1.807) is 25.3 Å². The molecule has 0 saturated heterocycles. The van der Waals surface area contributed by atoms with Gasteiger partial charge in [-0.25, -0.2) is 9.59 Å². The summed E-state index contributed by atoms with van der Waals surface area (Å²) in [5.74, 6) is -0.158. The summed E-state index contributed by atoms with van der Waals surface area (Å²) in [6.45, 7) is 48.6. The van der Waals surface area contributed by atoms with Crippen molar-refractivity contribution in [1.29, 1.82) is 0 Å². The van der Waals surface area contributed by atoms with E-state index in [0.717, 1.165) is 6.54 Å². The Morgan fingerprint density at radius 2 is 0.930 bits per heavy atom. The molecule has 0 aliphatic rings. The lowest BCUT2D eigenvalue weighted by atomic mass is 10.0. The van der Waals surface area contributed by atoms with Crippen LogP contribution in [0, 0.1) is 11.8 Å².